The van der Waals surface area contributed by atoms with E-state index >= 15 is 0 Å². The minimum absolute atomic E-state index is 0.0372. The van der Waals surface area contributed by atoms with Crippen LogP contribution in [0.1, 0.15) is 12.2 Å². The second-order valence-electron chi connectivity index (χ2n) is 9.04. The Bertz CT molecular complexity index is 1590. The van der Waals surface area contributed by atoms with Gasteiger partial charge in [0.1, 0.15) is 30.3 Å². The largest absolute Gasteiger partial charge is 0.486 e. The van der Waals surface area contributed by atoms with Gasteiger partial charge in [-0.15, -0.1) is 0 Å². The van der Waals surface area contributed by atoms with Crippen LogP contribution < -0.4 is 24.5 Å². The number of hydrogen-bond acceptors (Lipinski definition) is 7. The maximum Gasteiger partial charge on any atom is 0.316 e. The van der Waals surface area contributed by atoms with Gasteiger partial charge in [0, 0.05) is 30.8 Å². The third kappa shape index (κ3) is 4.20. The van der Waals surface area contributed by atoms with Crippen molar-refractivity contribution < 1.29 is 28.2 Å². The van der Waals surface area contributed by atoms with Crippen LogP contribution >= 0.6 is 0 Å². The molecule has 3 aromatic carbocycles. The first-order valence-electron chi connectivity index (χ1n) is 12.0. The minimum atomic E-state index is -0.634. The Hall–Kier alpha value is -4.59. The molecule has 6 rings (SSSR count). The third-order valence-electron chi connectivity index (χ3n) is 6.62. The molecule has 3 heterocycles. The molecule has 1 atom stereocenters. The summed E-state index contributed by atoms with van der Waals surface area (Å²) in [4.78, 5) is 40.4. The van der Waals surface area contributed by atoms with Crippen LogP contribution in [0.4, 0.5) is 5.69 Å². The predicted molar refractivity (Wildman–Crippen MR) is 136 cm³/mol. The summed E-state index contributed by atoms with van der Waals surface area (Å²) in [5.41, 5.74) is 2.09. The number of amides is 1. The van der Waals surface area contributed by atoms with Gasteiger partial charge >= 0.3 is 5.97 Å². The molecule has 8 nitrogen and oxygen atoms in total. The van der Waals surface area contributed by atoms with Gasteiger partial charge in [-0.2, -0.15) is 0 Å². The van der Waals surface area contributed by atoms with Gasteiger partial charge in [0.2, 0.25) is 11.3 Å². The van der Waals surface area contributed by atoms with Crippen molar-refractivity contribution in [3.05, 3.63) is 82.7 Å². The summed E-state index contributed by atoms with van der Waals surface area (Å²) in [6.07, 6.45) is 0.0372. The van der Waals surface area contributed by atoms with Crippen LogP contribution in [0.2, 0.25) is 0 Å². The summed E-state index contributed by atoms with van der Waals surface area (Å²) >= 11 is 0. The van der Waals surface area contributed by atoms with E-state index in [1.165, 1.54) is 6.07 Å². The van der Waals surface area contributed by atoms with Crippen molar-refractivity contribution in [3.63, 3.8) is 0 Å². The highest BCUT2D eigenvalue weighted by Gasteiger charge is 2.37. The number of hydrogen-bond donors (Lipinski definition) is 0. The van der Waals surface area contributed by atoms with E-state index in [1.54, 1.807) is 42.2 Å². The molecule has 0 radical (unpaired) electrons. The highest BCUT2D eigenvalue weighted by Crippen LogP contribution is 2.36. The molecule has 1 amide bonds. The van der Waals surface area contributed by atoms with Crippen molar-refractivity contribution >= 4 is 28.5 Å². The maximum absolute atomic E-state index is 13.2. The summed E-state index contributed by atoms with van der Waals surface area (Å²) in [6.45, 7) is 2.85. The number of anilines is 1. The Morgan fingerprint density at radius 2 is 1.73 bits per heavy atom. The SMILES string of the molecule is Cc1oc2cc(OC(=O)C3CC(=O)N(c4ccc5c(c4)OCCO5)C3)ccc2c(=O)c1-c1ccccc1. The van der Waals surface area contributed by atoms with Gasteiger partial charge in [-0.25, -0.2) is 0 Å². The molecule has 0 saturated carbocycles. The van der Waals surface area contributed by atoms with E-state index < -0.39 is 11.9 Å². The zero-order chi connectivity index (χ0) is 25.5. The van der Waals surface area contributed by atoms with Crippen LogP contribution in [-0.2, 0) is 9.59 Å². The van der Waals surface area contributed by atoms with Crippen LogP contribution in [0, 0.1) is 12.8 Å². The maximum atomic E-state index is 13.2. The molecule has 0 N–H and O–H groups in total. The lowest BCUT2D eigenvalue weighted by atomic mass is 10.0. The Labute approximate surface area is 212 Å². The number of esters is 1. The van der Waals surface area contributed by atoms with Gasteiger partial charge in [0.15, 0.2) is 11.5 Å². The second-order valence-corrected chi connectivity index (χ2v) is 9.04. The monoisotopic (exact) mass is 497 g/mol. The first-order chi connectivity index (χ1) is 18.0. The van der Waals surface area contributed by atoms with Crippen molar-refractivity contribution in [3.8, 4) is 28.4 Å². The number of ether oxygens (including phenoxy) is 3. The van der Waals surface area contributed by atoms with Gasteiger partial charge in [-0.3, -0.25) is 14.4 Å². The van der Waals surface area contributed by atoms with Crippen LogP contribution in [0.5, 0.6) is 17.2 Å². The molecule has 1 unspecified atom stereocenters. The Morgan fingerprint density at radius 3 is 2.54 bits per heavy atom. The fourth-order valence-electron chi connectivity index (χ4n) is 4.80. The highest BCUT2D eigenvalue weighted by molar-refractivity contribution is 6.00. The first-order valence-corrected chi connectivity index (χ1v) is 12.0. The summed E-state index contributed by atoms with van der Waals surface area (Å²) in [5.74, 6) is 0.601. The van der Waals surface area contributed by atoms with Crippen molar-refractivity contribution in [2.24, 2.45) is 5.92 Å². The molecule has 37 heavy (non-hydrogen) atoms. The average Bonchev–Trinajstić information content (AvgIpc) is 3.30. The smallest absolute Gasteiger partial charge is 0.316 e. The Morgan fingerprint density at radius 1 is 0.946 bits per heavy atom. The molecule has 0 bridgehead atoms. The topological polar surface area (TPSA) is 95.3 Å². The van der Waals surface area contributed by atoms with E-state index in [4.69, 9.17) is 18.6 Å². The number of aryl methyl sites for hydroxylation is 1. The molecule has 1 fully saturated rings. The third-order valence-corrected chi connectivity index (χ3v) is 6.62. The number of rotatable bonds is 4. The fourth-order valence-corrected chi connectivity index (χ4v) is 4.80. The molecule has 0 aliphatic carbocycles. The summed E-state index contributed by atoms with van der Waals surface area (Å²) in [6, 6.07) is 19.3. The lowest BCUT2D eigenvalue weighted by Gasteiger charge is -2.22. The zero-order valence-corrected chi connectivity index (χ0v) is 20.1. The van der Waals surface area contributed by atoms with E-state index in [0.29, 0.717) is 52.7 Å². The average molecular weight is 498 g/mol. The first kappa shape index (κ1) is 22.8. The van der Waals surface area contributed by atoms with Gasteiger partial charge in [-0.1, -0.05) is 30.3 Å². The quantitative estimate of drug-likeness (QED) is 0.303. The summed E-state index contributed by atoms with van der Waals surface area (Å²) in [5, 5.41) is 0.394. The van der Waals surface area contributed by atoms with Gasteiger partial charge in [-0.05, 0) is 36.8 Å². The molecule has 1 aromatic heterocycles. The van der Waals surface area contributed by atoms with Crippen molar-refractivity contribution in [1.82, 2.24) is 0 Å². The lowest BCUT2D eigenvalue weighted by molar-refractivity contribution is -0.139. The molecule has 2 aliphatic heterocycles. The molecule has 0 spiro atoms. The summed E-state index contributed by atoms with van der Waals surface area (Å²) in [7, 11) is 0. The van der Waals surface area contributed by atoms with Crippen LogP contribution in [-0.4, -0.2) is 31.6 Å². The lowest BCUT2D eigenvalue weighted by Crippen LogP contribution is -2.27. The number of fused-ring (bicyclic) bond motifs is 2. The molecule has 4 aromatic rings. The Kier molecular flexibility index (Phi) is 5.64. The molecular formula is C29H23NO7. The normalized spacial score (nSPS) is 16.7. The van der Waals surface area contributed by atoms with Gasteiger partial charge in [0.25, 0.3) is 0 Å². The van der Waals surface area contributed by atoms with Crippen molar-refractivity contribution in [2.75, 3.05) is 24.7 Å². The number of carbonyl (C=O) groups is 2. The van der Waals surface area contributed by atoms with E-state index in [2.05, 4.69) is 0 Å². The van der Waals surface area contributed by atoms with E-state index in [9.17, 15) is 14.4 Å². The standard InChI is InChI=1S/C29H23NO7/c1-17-27(18-5-3-2-4-6-18)28(32)22-9-8-21(15-24(22)36-17)37-29(33)19-13-26(31)30(16-19)20-7-10-23-25(14-20)35-12-11-34-23/h2-10,14-15,19H,11-13,16H2,1H3. The van der Waals surface area contributed by atoms with Crippen molar-refractivity contribution in [1.29, 1.82) is 0 Å². The van der Waals surface area contributed by atoms with Gasteiger partial charge in [0.05, 0.1) is 16.9 Å². The zero-order valence-electron chi connectivity index (χ0n) is 20.1. The molecule has 2 aliphatic rings. The van der Waals surface area contributed by atoms with E-state index in [1.807, 2.05) is 30.3 Å². The van der Waals surface area contributed by atoms with Gasteiger partial charge < -0.3 is 23.5 Å². The molecule has 8 heteroatoms. The summed E-state index contributed by atoms with van der Waals surface area (Å²) < 4.78 is 22.7. The van der Waals surface area contributed by atoms with Crippen LogP contribution in [0.3, 0.4) is 0 Å². The number of nitrogens with zero attached hydrogens (tertiary/aromatic N) is 1. The van der Waals surface area contributed by atoms with Crippen molar-refractivity contribution in [2.45, 2.75) is 13.3 Å². The predicted octanol–water partition coefficient (Wildman–Crippen LogP) is 4.50. The van der Waals surface area contributed by atoms with E-state index in [-0.39, 0.29) is 30.1 Å². The molecule has 1 saturated heterocycles. The molecular weight excluding hydrogens is 474 g/mol. The number of carbonyl (C=O) groups excluding carboxylic acids is 2. The van der Waals surface area contributed by atoms with E-state index in [0.717, 1.165) is 5.56 Å². The van der Waals surface area contributed by atoms with Crippen LogP contribution in [0.25, 0.3) is 22.1 Å². The fraction of sp³-hybridized carbons (Fsp3) is 0.207. The second kappa shape index (κ2) is 9.13. The number of benzene rings is 3. The van der Waals surface area contributed by atoms with Crippen LogP contribution in [0.15, 0.2) is 75.9 Å². The molecule has 186 valence electrons. The minimum Gasteiger partial charge on any atom is -0.486 e. The Balaban J connectivity index is 1.21. The highest BCUT2D eigenvalue weighted by atomic mass is 16.6.